The lowest BCUT2D eigenvalue weighted by atomic mass is 10.0. The van der Waals surface area contributed by atoms with Gasteiger partial charge in [0.2, 0.25) is 0 Å². The Bertz CT molecular complexity index is 891. The Morgan fingerprint density at radius 3 is 2.27 bits per heavy atom. The Morgan fingerprint density at radius 2 is 1.73 bits per heavy atom. The molecule has 1 amide bonds. The van der Waals surface area contributed by atoms with Gasteiger partial charge >= 0.3 is 0 Å². The summed E-state index contributed by atoms with van der Waals surface area (Å²) in [6, 6.07) is 13.3. The number of nitrogens with one attached hydrogen (secondary N) is 1. The van der Waals surface area contributed by atoms with E-state index in [-0.39, 0.29) is 16.3 Å². The van der Waals surface area contributed by atoms with Gasteiger partial charge in [-0.2, -0.15) is 0 Å². The van der Waals surface area contributed by atoms with Gasteiger partial charge in [-0.05, 0) is 63.1 Å². The molecule has 0 atom stereocenters. The molecule has 0 saturated carbocycles. The second-order valence-electron chi connectivity index (χ2n) is 6.98. The van der Waals surface area contributed by atoms with Gasteiger partial charge in [0.15, 0.2) is 0 Å². The fourth-order valence-electron chi connectivity index (χ4n) is 2.50. The van der Waals surface area contributed by atoms with E-state index in [1.54, 1.807) is 55.5 Å². The summed E-state index contributed by atoms with van der Waals surface area (Å²) < 4.78 is 26.8. The molecule has 5 nitrogen and oxygen atoms in total. The number of aryl methyl sites for hydroxylation is 1. The first kappa shape index (κ1) is 20.0. The summed E-state index contributed by atoms with van der Waals surface area (Å²) in [5.74, 6) is -0.167. The Hall–Kier alpha value is -2.34. The van der Waals surface area contributed by atoms with Crippen molar-refractivity contribution in [2.45, 2.75) is 44.6 Å². The van der Waals surface area contributed by atoms with Crippen molar-refractivity contribution in [1.82, 2.24) is 5.32 Å². The van der Waals surface area contributed by atoms with E-state index in [1.807, 2.05) is 20.8 Å². The molecule has 0 bridgehead atoms. The number of sulfonamides is 1. The summed E-state index contributed by atoms with van der Waals surface area (Å²) in [4.78, 5) is 12.7. The van der Waals surface area contributed by atoms with Crippen molar-refractivity contribution in [3.05, 3.63) is 59.7 Å². The number of anilines is 1. The van der Waals surface area contributed by atoms with Crippen molar-refractivity contribution >= 4 is 21.6 Å². The van der Waals surface area contributed by atoms with Crippen molar-refractivity contribution in [2.24, 2.45) is 0 Å². The Labute approximate surface area is 156 Å². The molecule has 0 spiro atoms. The Balaban J connectivity index is 2.31. The molecule has 1 N–H and O–H groups in total. The number of hydrogen-bond acceptors (Lipinski definition) is 3. The minimum Gasteiger partial charge on any atom is -0.347 e. The van der Waals surface area contributed by atoms with Crippen LogP contribution in [0.25, 0.3) is 0 Å². The van der Waals surface area contributed by atoms with Crippen molar-refractivity contribution in [2.75, 3.05) is 11.4 Å². The summed E-state index contributed by atoms with van der Waals surface area (Å²) in [6.07, 6.45) is 0.813. The fourth-order valence-corrected chi connectivity index (χ4v) is 3.78. The van der Waals surface area contributed by atoms with Crippen LogP contribution in [0.15, 0.2) is 53.4 Å². The van der Waals surface area contributed by atoms with Gasteiger partial charge < -0.3 is 5.32 Å². The molecule has 2 aromatic rings. The van der Waals surface area contributed by atoms with Crippen LogP contribution >= 0.6 is 0 Å². The summed E-state index contributed by atoms with van der Waals surface area (Å²) in [5.41, 5.74) is 1.48. The van der Waals surface area contributed by atoms with Crippen molar-refractivity contribution < 1.29 is 13.2 Å². The fraction of sp³-hybridized carbons (Fsp3) is 0.350. The SMILES string of the molecule is CCC(C)(C)NC(=O)c1ccc(N(C)S(=O)(=O)c2ccccc2)c(C)c1. The summed E-state index contributed by atoms with van der Waals surface area (Å²) in [5, 5.41) is 2.98. The number of rotatable bonds is 6. The molecule has 0 fully saturated rings. The lowest BCUT2D eigenvalue weighted by Gasteiger charge is -2.25. The number of amides is 1. The molecule has 0 saturated heterocycles. The van der Waals surface area contributed by atoms with Gasteiger partial charge in [0.05, 0.1) is 10.6 Å². The highest BCUT2D eigenvalue weighted by molar-refractivity contribution is 7.92. The van der Waals surface area contributed by atoms with E-state index >= 15 is 0 Å². The van der Waals surface area contributed by atoms with Crippen LogP contribution in [0.5, 0.6) is 0 Å². The molecule has 0 aliphatic heterocycles. The predicted molar refractivity (Wildman–Crippen MR) is 105 cm³/mol. The number of benzene rings is 2. The van der Waals surface area contributed by atoms with Crippen molar-refractivity contribution in [3.8, 4) is 0 Å². The standard InChI is InChI=1S/C20H26N2O3S/c1-6-20(3,4)21-19(23)16-12-13-18(15(2)14-16)22(5)26(24,25)17-10-8-7-9-11-17/h7-14H,6H2,1-5H3,(H,21,23). The highest BCUT2D eigenvalue weighted by Gasteiger charge is 2.23. The molecule has 26 heavy (non-hydrogen) atoms. The van der Waals surface area contributed by atoms with Crippen LogP contribution in [0.4, 0.5) is 5.69 Å². The first-order chi connectivity index (χ1) is 12.1. The molecule has 2 rings (SSSR count). The summed E-state index contributed by atoms with van der Waals surface area (Å²) >= 11 is 0. The highest BCUT2D eigenvalue weighted by atomic mass is 32.2. The molecule has 0 unspecified atom stereocenters. The van der Waals surface area contributed by atoms with Gasteiger partial charge in [0, 0.05) is 18.2 Å². The minimum absolute atomic E-state index is 0.167. The minimum atomic E-state index is -3.65. The van der Waals surface area contributed by atoms with Gasteiger partial charge in [-0.15, -0.1) is 0 Å². The van der Waals surface area contributed by atoms with Gasteiger partial charge in [0.25, 0.3) is 15.9 Å². The van der Waals surface area contributed by atoms with E-state index in [0.717, 1.165) is 6.42 Å². The van der Waals surface area contributed by atoms with Crippen LogP contribution < -0.4 is 9.62 Å². The maximum Gasteiger partial charge on any atom is 0.264 e. The molecular formula is C20H26N2O3S. The maximum atomic E-state index is 12.8. The Morgan fingerprint density at radius 1 is 1.12 bits per heavy atom. The molecule has 0 aromatic heterocycles. The van der Waals surface area contributed by atoms with E-state index < -0.39 is 10.0 Å². The summed E-state index contributed by atoms with van der Waals surface area (Å²) in [7, 11) is -2.13. The van der Waals surface area contributed by atoms with Crippen LogP contribution in [0.3, 0.4) is 0 Å². The zero-order valence-corrected chi connectivity index (χ0v) is 16.7. The highest BCUT2D eigenvalue weighted by Crippen LogP contribution is 2.26. The second kappa shape index (κ2) is 7.50. The smallest absolute Gasteiger partial charge is 0.264 e. The topological polar surface area (TPSA) is 66.5 Å². The number of carbonyl (C=O) groups is 1. The molecule has 0 aliphatic carbocycles. The van der Waals surface area contributed by atoms with E-state index in [4.69, 9.17) is 0 Å². The molecule has 0 aliphatic rings. The van der Waals surface area contributed by atoms with E-state index in [9.17, 15) is 13.2 Å². The van der Waals surface area contributed by atoms with E-state index in [2.05, 4.69) is 5.32 Å². The zero-order chi connectivity index (χ0) is 19.5. The number of hydrogen-bond donors (Lipinski definition) is 1. The normalized spacial score (nSPS) is 11.9. The molecule has 2 aromatic carbocycles. The third-order valence-corrected chi connectivity index (χ3v) is 6.32. The molecule has 6 heteroatoms. The largest absolute Gasteiger partial charge is 0.347 e. The van der Waals surface area contributed by atoms with Crippen molar-refractivity contribution in [3.63, 3.8) is 0 Å². The van der Waals surface area contributed by atoms with Crippen LogP contribution in [-0.2, 0) is 10.0 Å². The molecule has 0 heterocycles. The monoisotopic (exact) mass is 374 g/mol. The molecule has 0 radical (unpaired) electrons. The van der Waals surface area contributed by atoms with Crippen LogP contribution in [0.1, 0.15) is 43.1 Å². The van der Waals surface area contributed by atoms with Crippen molar-refractivity contribution in [1.29, 1.82) is 0 Å². The van der Waals surface area contributed by atoms with E-state index in [1.165, 1.54) is 11.4 Å². The first-order valence-corrected chi connectivity index (χ1v) is 9.99. The molecule has 140 valence electrons. The van der Waals surface area contributed by atoms with E-state index in [0.29, 0.717) is 16.8 Å². The quantitative estimate of drug-likeness (QED) is 0.838. The van der Waals surface area contributed by atoms with Crippen LogP contribution in [0, 0.1) is 6.92 Å². The zero-order valence-electron chi connectivity index (χ0n) is 15.9. The maximum absolute atomic E-state index is 12.8. The lowest BCUT2D eigenvalue weighted by Crippen LogP contribution is -2.42. The lowest BCUT2D eigenvalue weighted by molar-refractivity contribution is 0.0911. The first-order valence-electron chi connectivity index (χ1n) is 8.55. The van der Waals surface area contributed by atoms with Gasteiger partial charge in [-0.25, -0.2) is 8.42 Å². The molecular weight excluding hydrogens is 348 g/mol. The predicted octanol–water partition coefficient (Wildman–Crippen LogP) is 3.74. The van der Waals surface area contributed by atoms with Gasteiger partial charge in [-0.1, -0.05) is 25.1 Å². The number of nitrogens with zero attached hydrogens (tertiary/aromatic N) is 1. The number of carbonyl (C=O) groups excluding carboxylic acids is 1. The average molecular weight is 375 g/mol. The Kier molecular flexibility index (Phi) is 5.76. The van der Waals surface area contributed by atoms with Gasteiger partial charge in [-0.3, -0.25) is 9.10 Å². The summed E-state index contributed by atoms with van der Waals surface area (Å²) in [6.45, 7) is 7.74. The average Bonchev–Trinajstić information content (AvgIpc) is 2.61. The second-order valence-corrected chi connectivity index (χ2v) is 8.95. The third kappa shape index (κ3) is 4.25. The van der Waals surface area contributed by atoms with Crippen LogP contribution in [0.2, 0.25) is 0 Å². The van der Waals surface area contributed by atoms with Crippen LogP contribution in [-0.4, -0.2) is 26.9 Å². The van der Waals surface area contributed by atoms with Gasteiger partial charge in [0.1, 0.15) is 0 Å². The third-order valence-electron chi connectivity index (χ3n) is 4.54.